The van der Waals surface area contributed by atoms with E-state index in [1.165, 1.54) is 17.4 Å². The Bertz CT molecular complexity index is 3500. The number of rotatable bonds is 15. The number of nitrogens with one attached hydrogen (secondary N) is 2. The number of ether oxygens (including phenoxy) is 2. The standard InChI is InChI=1S/C62H66FN9O9S/c1-37-40(41-20-22-52(65-55(41)60(79)81-62(2,3)4)71-26-24-39-14-9-16-42(45(39)35-71)56(75)67-61-64-47-17-5-6-19-51(47)82-61)15-10-18-50(37)80-31-8-7-12-38-13-11-25-68(34-38)36-54(74)70-29-27-69(28-30-70)49-33-44-43(32-46(49)63)58(77)72(59(44)78)48-21-23-53(73)66-57(48)76/h5-6,9-10,14-20,22,32-33,38,48H,7-8,11-13,21,23-31,34-36H2,1-4H3,(H,64,67,75)(H,66,73,76)/t38-,48?/m1/s1. The fourth-order valence-corrected chi connectivity index (χ4v) is 12.8. The van der Waals surface area contributed by atoms with Crippen LogP contribution in [0.25, 0.3) is 21.3 Å². The third kappa shape index (κ3) is 11.8. The molecular formula is C62H66FN9O9S. The number of thiazole rings is 1. The van der Waals surface area contributed by atoms with Crippen molar-refractivity contribution < 1.29 is 47.4 Å². The summed E-state index contributed by atoms with van der Waals surface area (Å²) in [4.78, 5) is 111. The Morgan fingerprint density at radius 1 is 0.805 bits per heavy atom. The zero-order chi connectivity index (χ0) is 57.4. The molecule has 6 aromatic rings. The van der Waals surface area contributed by atoms with E-state index in [2.05, 4.69) is 31.5 Å². The molecule has 5 aliphatic rings. The normalized spacial score (nSPS) is 18.6. The molecule has 7 heterocycles. The third-order valence-corrected chi connectivity index (χ3v) is 17.1. The van der Waals surface area contributed by atoms with Crippen LogP contribution < -0.4 is 25.2 Å². The highest BCUT2D eigenvalue weighted by Crippen LogP contribution is 2.37. The number of amides is 6. The molecule has 0 spiro atoms. The second-order valence-corrected chi connectivity index (χ2v) is 23.8. The number of piperazine rings is 1. The summed E-state index contributed by atoms with van der Waals surface area (Å²) in [5, 5.41) is 5.73. The Morgan fingerprint density at radius 3 is 2.37 bits per heavy atom. The first-order valence-electron chi connectivity index (χ1n) is 28.3. The Kier molecular flexibility index (Phi) is 15.9. The van der Waals surface area contributed by atoms with Gasteiger partial charge in [0, 0.05) is 63.4 Å². The number of benzene rings is 4. The van der Waals surface area contributed by atoms with Gasteiger partial charge < -0.3 is 24.2 Å². The van der Waals surface area contributed by atoms with Crippen LogP contribution >= 0.6 is 11.3 Å². The second-order valence-electron chi connectivity index (χ2n) is 22.8. The number of piperidine rings is 2. The lowest BCUT2D eigenvalue weighted by Crippen LogP contribution is -2.54. The third-order valence-electron chi connectivity index (χ3n) is 16.1. The van der Waals surface area contributed by atoms with Crippen molar-refractivity contribution in [2.24, 2.45) is 5.92 Å². The molecule has 82 heavy (non-hydrogen) atoms. The summed E-state index contributed by atoms with van der Waals surface area (Å²) in [5.41, 5.74) is 5.16. The average molecular weight is 1130 g/mol. The molecule has 18 nitrogen and oxygen atoms in total. The van der Waals surface area contributed by atoms with Crippen LogP contribution in [0.1, 0.15) is 124 Å². The van der Waals surface area contributed by atoms with Crippen molar-refractivity contribution in [3.63, 3.8) is 0 Å². The van der Waals surface area contributed by atoms with Crippen molar-refractivity contribution in [1.29, 1.82) is 0 Å². The largest absolute Gasteiger partial charge is 0.493 e. The van der Waals surface area contributed by atoms with Crippen LogP contribution in [0, 0.1) is 18.7 Å². The Labute approximate surface area is 478 Å². The summed E-state index contributed by atoms with van der Waals surface area (Å²) in [6.45, 7) is 12.4. The van der Waals surface area contributed by atoms with Crippen LogP contribution in [0.2, 0.25) is 0 Å². The van der Waals surface area contributed by atoms with Gasteiger partial charge in [-0.2, -0.15) is 0 Å². The number of pyridine rings is 1. The number of hydrogen-bond donors (Lipinski definition) is 2. The topological polar surface area (TPSA) is 204 Å². The number of imide groups is 2. The van der Waals surface area contributed by atoms with Gasteiger partial charge in [-0.05, 0) is 156 Å². The van der Waals surface area contributed by atoms with Crippen LogP contribution in [-0.2, 0) is 32.1 Å². The SMILES string of the molecule is Cc1c(OCCCC[C@@H]2CCCN(CC(=O)N3CCN(c4cc5c(cc4F)C(=O)N(C4CCC(=O)NC4=O)C5=O)CC3)C2)cccc1-c1ccc(N2CCc3cccc(C(=O)Nc4nc5ccccc5s4)c3C2)nc1C(=O)OC(C)(C)C. The summed E-state index contributed by atoms with van der Waals surface area (Å²) in [7, 11) is 0. The van der Waals surface area contributed by atoms with E-state index >= 15 is 4.39 Å². The van der Waals surface area contributed by atoms with Gasteiger partial charge in [0.15, 0.2) is 10.8 Å². The van der Waals surface area contributed by atoms with Crippen molar-refractivity contribution in [3.05, 3.63) is 130 Å². The van der Waals surface area contributed by atoms with E-state index in [1.807, 2.05) is 94.4 Å². The predicted molar refractivity (Wildman–Crippen MR) is 309 cm³/mol. The summed E-state index contributed by atoms with van der Waals surface area (Å²) in [6.07, 6.45) is 5.53. The molecule has 0 aliphatic carbocycles. The molecule has 3 saturated heterocycles. The van der Waals surface area contributed by atoms with Crippen LogP contribution in [0.5, 0.6) is 5.75 Å². The van der Waals surface area contributed by atoms with Crippen LogP contribution in [0.15, 0.2) is 84.9 Å². The van der Waals surface area contributed by atoms with E-state index in [0.29, 0.717) is 92.6 Å². The van der Waals surface area contributed by atoms with E-state index in [9.17, 15) is 33.6 Å². The highest BCUT2D eigenvalue weighted by Gasteiger charge is 2.45. The highest BCUT2D eigenvalue weighted by molar-refractivity contribution is 7.22. The second kappa shape index (κ2) is 23.4. The molecule has 426 valence electrons. The summed E-state index contributed by atoms with van der Waals surface area (Å²) < 4.78 is 29.0. The number of carbonyl (C=O) groups is 7. The van der Waals surface area contributed by atoms with Crippen molar-refractivity contribution in [2.45, 2.75) is 97.2 Å². The number of halogens is 1. The lowest BCUT2D eigenvalue weighted by atomic mass is 9.93. The Balaban J connectivity index is 0.669. The minimum Gasteiger partial charge on any atom is -0.493 e. The van der Waals surface area contributed by atoms with Gasteiger partial charge in [0.05, 0.1) is 40.2 Å². The molecule has 0 bridgehead atoms. The minimum atomic E-state index is -1.15. The van der Waals surface area contributed by atoms with Crippen molar-refractivity contribution in [2.75, 3.05) is 74.1 Å². The Morgan fingerprint density at radius 2 is 1.59 bits per heavy atom. The number of esters is 1. The molecule has 20 heteroatoms. The number of anilines is 3. The molecule has 4 aromatic carbocycles. The predicted octanol–water partition coefficient (Wildman–Crippen LogP) is 8.59. The Hall–Kier alpha value is -8.10. The summed E-state index contributed by atoms with van der Waals surface area (Å²) in [6, 6.07) is 24.5. The maximum Gasteiger partial charge on any atom is 0.358 e. The molecule has 2 atom stereocenters. The number of carbonyl (C=O) groups excluding carboxylic acids is 7. The molecule has 6 amide bonds. The first kappa shape index (κ1) is 55.8. The van der Waals surface area contributed by atoms with Gasteiger partial charge >= 0.3 is 5.97 Å². The molecule has 2 N–H and O–H groups in total. The summed E-state index contributed by atoms with van der Waals surface area (Å²) >= 11 is 1.43. The highest BCUT2D eigenvalue weighted by atomic mass is 32.1. The van der Waals surface area contributed by atoms with Crippen LogP contribution in [0.4, 0.5) is 21.0 Å². The van der Waals surface area contributed by atoms with Gasteiger partial charge in [0.1, 0.15) is 29.0 Å². The average Bonchev–Trinajstić information content (AvgIpc) is 4.15. The minimum absolute atomic E-state index is 0.00552. The van der Waals surface area contributed by atoms with Crippen LogP contribution in [-0.4, -0.2) is 137 Å². The molecule has 1 unspecified atom stereocenters. The maximum absolute atomic E-state index is 15.6. The fraction of sp³-hybridized carbons (Fsp3) is 0.403. The molecule has 0 radical (unpaired) electrons. The van der Waals surface area contributed by atoms with Crippen molar-refractivity contribution in [1.82, 2.24) is 30.0 Å². The van der Waals surface area contributed by atoms with E-state index in [1.54, 1.807) is 9.80 Å². The fourth-order valence-electron chi connectivity index (χ4n) is 11.9. The number of fused-ring (bicyclic) bond motifs is 3. The number of unbranched alkanes of at least 4 members (excludes halogenated alkanes) is 1. The molecule has 11 rings (SSSR count). The monoisotopic (exact) mass is 1130 g/mol. The van der Waals surface area contributed by atoms with E-state index < -0.39 is 47.1 Å². The first-order chi connectivity index (χ1) is 39.5. The number of hydrogen-bond acceptors (Lipinski definition) is 15. The maximum atomic E-state index is 15.6. The van der Waals surface area contributed by atoms with E-state index in [4.69, 9.17) is 14.5 Å². The molecule has 2 aromatic heterocycles. The lowest BCUT2D eigenvalue weighted by molar-refractivity contribution is -0.136. The molecule has 3 fully saturated rings. The van der Waals surface area contributed by atoms with Gasteiger partial charge in [-0.3, -0.25) is 49.2 Å². The summed E-state index contributed by atoms with van der Waals surface area (Å²) in [5.74, 6) is -2.35. The lowest BCUT2D eigenvalue weighted by Gasteiger charge is -2.38. The number of aromatic nitrogens is 2. The van der Waals surface area contributed by atoms with Gasteiger partial charge in [-0.15, -0.1) is 0 Å². The van der Waals surface area contributed by atoms with Gasteiger partial charge in [-0.25, -0.2) is 19.2 Å². The smallest absolute Gasteiger partial charge is 0.358 e. The van der Waals surface area contributed by atoms with Gasteiger partial charge in [0.25, 0.3) is 17.7 Å². The van der Waals surface area contributed by atoms with Crippen molar-refractivity contribution >= 4 is 79.6 Å². The first-order valence-corrected chi connectivity index (χ1v) is 29.1. The number of likely N-dealkylation sites (tertiary alicyclic amines) is 1. The molecule has 0 saturated carbocycles. The zero-order valence-corrected chi connectivity index (χ0v) is 47.4. The van der Waals surface area contributed by atoms with Gasteiger partial charge in [0.2, 0.25) is 17.7 Å². The number of para-hydroxylation sites is 1. The van der Waals surface area contributed by atoms with Gasteiger partial charge in [-0.1, -0.05) is 47.7 Å². The van der Waals surface area contributed by atoms with Crippen LogP contribution in [0.3, 0.4) is 0 Å². The zero-order valence-electron chi connectivity index (χ0n) is 46.6. The van der Waals surface area contributed by atoms with E-state index in [0.717, 1.165) is 88.6 Å². The molecular weight excluding hydrogens is 1070 g/mol. The van der Waals surface area contributed by atoms with E-state index in [-0.39, 0.29) is 47.2 Å². The quantitative estimate of drug-likeness (QED) is 0.0562. The number of nitrogens with zero attached hydrogens (tertiary/aromatic N) is 7. The van der Waals surface area contributed by atoms with Crippen molar-refractivity contribution in [3.8, 4) is 16.9 Å². The molecule has 5 aliphatic heterocycles.